The molecule has 2 heterocycles. The second-order valence-electron chi connectivity index (χ2n) is 6.53. The highest BCUT2D eigenvalue weighted by atomic mass is 35.5. The third kappa shape index (κ3) is 4.03. The van der Waals surface area contributed by atoms with Crippen molar-refractivity contribution in [2.45, 2.75) is 0 Å². The van der Waals surface area contributed by atoms with Gasteiger partial charge in [0.15, 0.2) is 23.1 Å². The number of morpholine rings is 1. The molecule has 0 radical (unpaired) electrons. The lowest BCUT2D eigenvalue weighted by Gasteiger charge is -2.29. The number of phenolic OH excluding ortho intramolecular Hbond substituents is 3. The molecule has 1 fully saturated rings. The number of fused-ring (bicyclic) bond motifs is 1. The van der Waals surface area contributed by atoms with Crippen LogP contribution in [0.25, 0.3) is 23.1 Å². The van der Waals surface area contributed by atoms with Crippen molar-refractivity contribution in [3.05, 3.63) is 45.7 Å². The van der Waals surface area contributed by atoms with E-state index in [9.17, 15) is 15.3 Å². The summed E-state index contributed by atoms with van der Waals surface area (Å²) in [6.07, 6.45) is 3.28. The first-order chi connectivity index (χ1) is 13.9. The molecule has 3 aromatic rings. The molecule has 1 aliphatic rings. The number of hydrogen-bond donors (Lipinski definition) is 3. The van der Waals surface area contributed by atoms with E-state index in [2.05, 4.69) is 14.9 Å². The molecule has 0 amide bonds. The van der Waals surface area contributed by atoms with E-state index in [-0.39, 0.29) is 0 Å². The number of aromatic nitrogens is 2. The Labute approximate surface area is 176 Å². The highest BCUT2D eigenvalue weighted by Gasteiger charge is 2.18. The summed E-state index contributed by atoms with van der Waals surface area (Å²) >= 11 is 12.4. The van der Waals surface area contributed by atoms with E-state index in [4.69, 9.17) is 27.9 Å². The fourth-order valence-corrected chi connectivity index (χ4v) is 3.43. The predicted octanol–water partition coefficient (Wildman–Crippen LogP) is 4.06. The van der Waals surface area contributed by atoms with Crippen LogP contribution in [0, 0.1) is 0 Å². The number of aromatic hydroxyl groups is 3. The lowest BCUT2D eigenvalue weighted by molar-refractivity contribution is 0.122. The van der Waals surface area contributed by atoms with Gasteiger partial charge in [-0.2, -0.15) is 0 Å². The predicted molar refractivity (Wildman–Crippen MR) is 113 cm³/mol. The quantitative estimate of drug-likeness (QED) is 0.535. The average molecular weight is 434 g/mol. The van der Waals surface area contributed by atoms with Crippen LogP contribution in [0.1, 0.15) is 11.4 Å². The summed E-state index contributed by atoms with van der Waals surface area (Å²) in [5, 5.41) is 30.4. The van der Waals surface area contributed by atoms with Gasteiger partial charge in [-0.15, -0.1) is 0 Å². The molecule has 9 heteroatoms. The SMILES string of the molecule is Oc1cc(/C=C/c2nc(N3CCOCC3)c3cc(Cl)c(Cl)cc3n2)cc(O)c1O. The Hall–Kier alpha value is -2.74. The largest absolute Gasteiger partial charge is 0.504 e. The first-order valence-electron chi connectivity index (χ1n) is 8.85. The zero-order chi connectivity index (χ0) is 20.5. The Morgan fingerprint density at radius 3 is 2.24 bits per heavy atom. The van der Waals surface area contributed by atoms with Crippen molar-refractivity contribution in [1.82, 2.24) is 9.97 Å². The third-order valence-electron chi connectivity index (χ3n) is 4.56. The van der Waals surface area contributed by atoms with Crippen LogP contribution in [-0.2, 0) is 4.74 Å². The van der Waals surface area contributed by atoms with Crippen LogP contribution < -0.4 is 4.90 Å². The monoisotopic (exact) mass is 433 g/mol. The minimum absolute atomic E-state index is 0.397. The van der Waals surface area contributed by atoms with Gasteiger partial charge in [0, 0.05) is 18.5 Å². The zero-order valence-corrected chi connectivity index (χ0v) is 16.7. The highest BCUT2D eigenvalue weighted by molar-refractivity contribution is 6.42. The Morgan fingerprint density at radius 2 is 1.55 bits per heavy atom. The molecule has 1 aliphatic heterocycles. The van der Waals surface area contributed by atoms with Crippen molar-refractivity contribution in [1.29, 1.82) is 0 Å². The molecule has 2 aromatic carbocycles. The van der Waals surface area contributed by atoms with Gasteiger partial charge in [0.05, 0.1) is 28.8 Å². The van der Waals surface area contributed by atoms with Crippen molar-refractivity contribution < 1.29 is 20.1 Å². The normalized spacial score (nSPS) is 14.8. The van der Waals surface area contributed by atoms with Gasteiger partial charge in [0.25, 0.3) is 0 Å². The fraction of sp³-hybridized carbons (Fsp3) is 0.200. The van der Waals surface area contributed by atoms with Gasteiger partial charge < -0.3 is 25.0 Å². The number of nitrogens with zero attached hydrogens (tertiary/aromatic N) is 3. The van der Waals surface area contributed by atoms with Crippen molar-refractivity contribution in [2.24, 2.45) is 0 Å². The van der Waals surface area contributed by atoms with Crippen molar-refractivity contribution in [2.75, 3.05) is 31.2 Å². The number of hydrogen-bond acceptors (Lipinski definition) is 7. The van der Waals surface area contributed by atoms with E-state index in [0.717, 1.165) is 11.2 Å². The van der Waals surface area contributed by atoms with Gasteiger partial charge in [-0.05, 0) is 35.9 Å². The van der Waals surface area contributed by atoms with Gasteiger partial charge in [-0.25, -0.2) is 9.97 Å². The highest BCUT2D eigenvalue weighted by Crippen LogP contribution is 2.36. The topological polar surface area (TPSA) is 98.9 Å². The number of ether oxygens (including phenoxy) is 1. The van der Waals surface area contributed by atoms with Crippen LogP contribution in [0.3, 0.4) is 0 Å². The number of phenols is 3. The molecule has 0 spiro atoms. The van der Waals surface area contributed by atoms with Crippen molar-refractivity contribution in [3.63, 3.8) is 0 Å². The molecular formula is C20H17Cl2N3O4. The molecule has 3 N–H and O–H groups in total. The average Bonchev–Trinajstić information content (AvgIpc) is 2.71. The molecule has 150 valence electrons. The Kier molecular flexibility index (Phi) is 5.36. The first kappa shape index (κ1) is 19.6. The van der Waals surface area contributed by atoms with Crippen LogP contribution in [0.5, 0.6) is 17.2 Å². The lowest BCUT2D eigenvalue weighted by atomic mass is 10.1. The first-order valence-corrected chi connectivity index (χ1v) is 9.60. The van der Waals surface area contributed by atoms with Crippen LogP contribution in [0.15, 0.2) is 24.3 Å². The lowest BCUT2D eigenvalue weighted by Crippen LogP contribution is -2.37. The van der Waals surface area contributed by atoms with E-state index in [0.29, 0.717) is 53.3 Å². The molecule has 0 unspecified atom stereocenters. The summed E-state index contributed by atoms with van der Waals surface area (Å²) in [6.45, 7) is 2.58. The Morgan fingerprint density at radius 1 is 0.897 bits per heavy atom. The Balaban J connectivity index is 1.79. The number of halogens is 2. The van der Waals surface area contributed by atoms with Crippen LogP contribution in [0.4, 0.5) is 5.82 Å². The summed E-state index contributed by atoms with van der Waals surface area (Å²) in [4.78, 5) is 11.3. The van der Waals surface area contributed by atoms with Gasteiger partial charge in [-0.3, -0.25) is 0 Å². The Bertz CT molecular complexity index is 1090. The second-order valence-corrected chi connectivity index (χ2v) is 7.34. The summed E-state index contributed by atoms with van der Waals surface area (Å²) in [6, 6.07) is 6.10. The van der Waals surface area contributed by atoms with Gasteiger partial charge >= 0.3 is 0 Å². The van der Waals surface area contributed by atoms with Crippen molar-refractivity contribution in [3.8, 4) is 17.2 Å². The van der Waals surface area contributed by atoms with Gasteiger partial charge in [0.2, 0.25) is 0 Å². The minimum Gasteiger partial charge on any atom is -0.504 e. The second kappa shape index (κ2) is 7.94. The standard InChI is InChI=1S/C20H17Cl2N3O4/c21-13-9-12-15(10-14(13)22)23-18(24-20(12)25-3-5-29-6-4-25)2-1-11-7-16(26)19(28)17(27)8-11/h1-2,7-10,26-28H,3-6H2/b2-1+. The van der Waals surface area contributed by atoms with Gasteiger partial charge in [0.1, 0.15) is 5.82 Å². The number of benzene rings is 2. The van der Waals surface area contributed by atoms with Crippen LogP contribution >= 0.6 is 23.2 Å². The summed E-state index contributed by atoms with van der Waals surface area (Å²) in [7, 11) is 0. The van der Waals surface area contributed by atoms with E-state index >= 15 is 0 Å². The van der Waals surface area contributed by atoms with E-state index in [1.54, 1.807) is 24.3 Å². The molecule has 0 atom stereocenters. The molecule has 0 aliphatic carbocycles. The number of anilines is 1. The molecule has 29 heavy (non-hydrogen) atoms. The maximum absolute atomic E-state index is 9.67. The smallest absolute Gasteiger partial charge is 0.200 e. The maximum Gasteiger partial charge on any atom is 0.200 e. The number of rotatable bonds is 3. The van der Waals surface area contributed by atoms with Crippen LogP contribution in [-0.4, -0.2) is 51.6 Å². The van der Waals surface area contributed by atoms with E-state index in [1.807, 2.05) is 0 Å². The van der Waals surface area contributed by atoms with E-state index < -0.39 is 17.2 Å². The zero-order valence-electron chi connectivity index (χ0n) is 15.1. The molecule has 4 rings (SSSR count). The van der Waals surface area contributed by atoms with Crippen LogP contribution in [0.2, 0.25) is 10.0 Å². The molecule has 1 saturated heterocycles. The summed E-state index contributed by atoms with van der Waals surface area (Å²) in [5.74, 6) is -0.249. The summed E-state index contributed by atoms with van der Waals surface area (Å²) in [5.41, 5.74) is 1.12. The maximum atomic E-state index is 9.67. The summed E-state index contributed by atoms with van der Waals surface area (Å²) < 4.78 is 5.43. The van der Waals surface area contributed by atoms with Crippen molar-refractivity contribution >= 4 is 52.1 Å². The molecule has 7 nitrogen and oxygen atoms in total. The molecule has 0 bridgehead atoms. The van der Waals surface area contributed by atoms with E-state index in [1.165, 1.54) is 12.1 Å². The van der Waals surface area contributed by atoms with Gasteiger partial charge in [-0.1, -0.05) is 29.3 Å². The molecular weight excluding hydrogens is 417 g/mol. The fourth-order valence-electron chi connectivity index (χ4n) is 3.11. The molecule has 1 aromatic heterocycles. The third-order valence-corrected chi connectivity index (χ3v) is 5.28. The molecule has 0 saturated carbocycles. The minimum atomic E-state index is -0.565.